The van der Waals surface area contributed by atoms with Crippen molar-refractivity contribution in [3.63, 3.8) is 0 Å². The summed E-state index contributed by atoms with van der Waals surface area (Å²) in [6.45, 7) is 3.22. The maximum absolute atomic E-state index is 13.6. The molecule has 21 heavy (non-hydrogen) atoms. The Labute approximate surface area is 125 Å². The van der Waals surface area contributed by atoms with Gasteiger partial charge in [-0.2, -0.15) is 4.39 Å². The molecule has 6 nitrogen and oxygen atoms in total. The van der Waals surface area contributed by atoms with Gasteiger partial charge in [0, 0.05) is 17.3 Å². The zero-order valence-corrected chi connectivity index (χ0v) is 12.1. The van der Waals surface area contributed by atoms with Crippen LogP contribution in [0.5, 0.6) is 0 Å². The lowest BCUT2D eigenvalue weighted by atomic mass is 10.1. The van der Waals surface area contributed by atoms with Crippen molar-refractivity contribution in [2.45, 2.75) is 19.9 Å². The summed E-state index contributed by atoms with van der Waals surface area (Å²) in [5, 5.41) is 14.1. The average Bonchev–Trinajstić information content (AvgIpc) is 2.37. The largest absolute Gasteiger partial charge is 0.358 e. The van der Waals surface area contributed by atoms with Crippen LogP contribution in [0, 0.1) is 23.0 Å². The fourth-order valence-corrected chi connectivity index (χ4v) is 2.21. The molecule has 0 amide bonds. The number of nitrogens with one attached hydrogen (secondary N) is 1. The molecule has 0 aliphatic heterocycles. The normalized spacial score (nSPS) is 12.0. The number of nitrogens with zero attached hydrogens (tertiary/aromatic N) is 3. The molecule has 2 heterocycles. The first-order valence-electron chi connectivity index (χ1n) is 6.08. The summed E-state index contributed by atoms with van der Waals surface area (Å²) in [4.78, 5) is 18.1. The van der Waals surface area contributed by atoms with Crippen LogP contribution in [0.2, 0.25) is 5.15 Å². The Balaban J connectivity index is 2.40. The van der Waals surface area contributed by atoms with E-state index in [0.717, 1.165) is 0 Å². The number of nitro groups is 1. The number of aryl methyl sites for hydroxylation is 1. The smallest absolute Gasteiger partial charge is 0.314 e. The average molecular weight is 311 g/mol. The predicted octanol–water partition coefficient (Wildman–Crippen LogP) is 3.66. The van der Waals surface area contributed by atoms with Gasteiger partial charge in [-0.1, -0.05) is 17.7 Å². The molecule has 0 unspecified atom stereocenters. The third-order valence-corrected chi connectivity index (χ3v) is 3.14. The summed E-state index contributed by atoms with van der Waals surface area (Å²) in [7, 11) is 0. The van der Waals surface area contributed by atoms with Gasteiger partial charge < -0.3 is 5.32 Å². The van der Waals surface area contributed by atoms with Crippen molar-refractivity contribution in [1.82, 2.24) is 9.97 Å². The zero-order chi connectivity index (χ0) is 15.6. The fraction of sp³-hybridized carbons (Fsp3) is 0.231. The topological polar surface area (TPSA) is 81.0 Å². The van der Waals surface area contributed by atoms with Crippen LogP contribution in [0.15, 0.2) is 24.4 Å². The molecule has 0 saturated carbocycles. The molecule has 0 radical (unpaired) electrons. The molecule has 110 valence electrons. The Morgan fingerprint density at radius 1 is 1.52 bits per heavy atom. The Hall–Kier alpha value is -2.28. The van der Waals surface area contributed by atoms with Gasteiger partial charge >= 0.3 is 5.69 Å². The highest BCUT2D eigenvalue weighted by Crippen LogP contribution is 2.31. The van der Waals surface area contributed by atoms with Crippen LogP contribution in [0.1, 0.15) is 24.1 Å². The van der Waals surface area contributed by atoms with Crippen LogP contribution in [-0.2, 0) is 0 Å². The fourth-order valence-electron chi connectivity index (χ4n) is 1.96. The van der Waals surface area contributed by atoms with Crippen molar-refractivity contribution in [3.8, 4) is 0 Å². The SMILES string of the molecule is Cc1cc(Cl)nc(N[C@@H](C)c2cccnc2F)c1[N+](=O)[O-]. The second-order valence-corrected chi connectivity index (χ2v) is 4.85. The quantitative estimate of drug-likeness (QED) is 0.529. The monoisotopic (exact) mass is 310 g/mol. The molecule has 0 bridgehead atoms. The highest BCUT2D eigenvalue weighted by atomic mass is 35.5. The van der Waals surface area contributed by atoms with Gasteiger partial charge in [0.15, 0.2) is 0 Å². The molecular weight excluding hydrogens is 299 g/mol. The first-order chi connectivity index (χ1) is 9.90. The van der Waals surface area contributed by atoms with Crippen LogP contribution in [0.4, 0.5) is 15.9 Å². The number of hydrogen-bond donors (Lipinski definition) is 1. The molecule has 2 rings (SSSR count). The summed E-state index contributed by atoms with van der Waals surface area (Å²) in [5.41, 5.74) is 0.475. The van der Waals surface area contributed by atoms with E-state index in [1.54, 1.807) is 26.0 Å². The molecular formula is C13H12ClFN4O2. The van der Waals surface area contributed by atoms with E-state index in [4.69, 9.17) is 11.6 Å². The Morgan fingerprint density at radius 2 is 2.24 bits per heavy atom. The third kappa shape index (κ3) is 3.25. The Kier molecular flexibility index (Phi) is 4.32. The zero-order valence-electron chi connectivity index (χ0n) is 11.3. The van der Waals surface area contributed by atoms with Gasteiger partial charge in [-0.3, -0.25) is 10.1 Å². The standard InChI is InChI=1S/C13H12ClFN4O2/c1-7-6-10(14)18-13(11(7)19(20)21)17-8(2)9-4-3-5-16-12(9)15/h3-6,8H,1-2H3,(H,17,18)/t8-/m0/s1. The molecule has 0 aromatic carbocycles. The Morgan fingerprint density at radius 3 is 2.86 bits per heavy atom. The minimum absolute atomic E-state index is 0.000697. The molecule has 0 saturated heterocycles. The van der Waals surface area contributed by atoms with Gasteiger partial charge in [-0.15, -0.1) is 0 Å². The van der Waals surface area contributed by atoms with Crippen LogP contribution in [0.3, 0.4) is 0 Å². The molecule has 2 aromatic rings. The van der Waals surface area contributed by atoms with Crippen molar-refractivity contribution in [1.29, 1.82) is 0 Å². The maximum atomic E-state index is 13.6. The molecule has 1 N–H and O–H groups in total. The third-order valence-electron chi connectivity index (χ3n) is 2.94. The second-order valence-electron chi connectivity index (χ2n) is 4.47. The van der Waals surface area contributed by atoms with Gasteiger partial charge in [-0.25, -0.2) is 9.97 Å². The number of rotatable bonds is 4. The van der Waals surface area contributed by atoms with Crippen LogP contribution in [0.25, 0.3) is 0 Å². The molecule has 0 aliphatic carbocycles. The van der Waals surface area contributed by atoms with E-state index in [1.165, 1.54) is 12.3 Å². The van der Waals surface area contributed by atoms with Gasteiger partial charge in [0.1, 0.15) is 5.15 Å². The summed E-state index contributed by atoms with van der Waals surface area (Å²) >= 11 is 5.83. The maximum Gasteiger partial charge on any atom is 0.314 e. The molecule has 0 fully saturated rings. The summed E-state index contributed by atoms with van der Waals surface area (Å²) < 4.78 is 13.6. The van der Waals surface area contributed by atoms with Crippen molar-refractivity contribution in [3.05, 3.63) is 56.7 Å². The highest BCUT2D eigenvalue weighted by molar-refractivity contribution is 6.29. The predicted molar refractivity (Wildman–Crippen MR) is 76.9 cm³/mol. The van der Waals surface area contributed by atoms with E-state index >= 15 is 0 Å². The lowest BCUT2D eigenvalue weighted by Crippen LogP contribution is -2.12. The summed E-state index contributed by atoms with van der Waals surface area (Å²) in [6.07, 6.45) is 1.33. The first-order valence-corrected chi connectivity index (χ1v) is 6.46. The van der Waals surface area contributed by atoms with E-state index < -0.39 is 16.9 Å². The van der Waals surface area contributed by atoms with Crippen molar-refractivity contribution >= 4 is 23.1 Å². The van der Waals surface area contributed by atoms with Gasteiger partial charge in [-0.05, 0) is 26.0 Å². The minimum Gasteiger partial charge on any atom is -0.358 e. The van der Waals surface area contributed by atoms with Crippen molar-refractivity contribution in [2.75, 3.05) is 5.32 Å². The molecule has 0 aliphatic rings. The van der Waals surface area contributed by atoms with E-state index in [-0.39, 0.29) is 22.2 Å². The van der Waals surface area contributed by atoms with Crippen LogP contribution in [-0.4, -0.2) is 14.9 Å². The van der Waals surface area contributed by atoms with Crippen molar-refractivity contribution < 1.29 is 9.31 Å². The summed E-state index contributed by atoms with van der Waals surface area (Å²) in [5.74, 6) is -0.639. The molecule has 0 spiro atoms. The number of hydrogen-bond acceptors (Lipinski definition) is 5. The Bertz CT molecular complexity index is 696. The van der Waals surface area contributed by atoms with E-state index in [0.29, 0.717) is 5.56 Å². The van der Waals surface area contributed by atoms with Crippen molar-refractivity contribution in [2.24, 2.45) is 0 Å². The number of halogens is 2. The van der Waals surface area contributed by atoms with E-state index in [9.17, 15) is 14.5 Å². The molecule has 1 atom stereocenters. The molecule has 2 aromatic heterocycles. The number of anilines is 1. The lowest BCUT2D eigenvalue weighted by molar-refractivity contribution is -0.384. The number of aromatic nitrogens is 2. The second kappa shape index (κ2) is 6.01. The highest BCUT2D eigenvalue weighted by Gasteiger charge is 2.22. The van der Waals surface area contributed by atoms with Gasteiger partial charge in [0.25, 0.3) is 0 Å². The van der Waals surface area contributed by atoms with E-state index in [2.05, 4.69) is 15.3 Å². The van der Waals surface area contributed by atoms with Gasteiger partial charge in [0.2, 0.25) is 11.8 Å². The molecule has 8 heteroatoms. The van der Waals surface area contributed by atoms with Gasteiger partial charge in [0.05, 0.1) is 11.0 Å². The lowest BCUT2D eigenvalue weighted by Gasteiger charge is -2.15. The van der Waals surface area contributed by atoms with E-state index in [1.807, 2.05) is 0 Å². The van der Waals surface area contributed by atoms with Crippen LogP contribution >= 0.6 is 11.6 Å². The first kappa shape index (κ1) is 15.1. The number of pyridine rings is 2. The minimum atomic E-state index is -0.640. The summed E-state index contributed by atoms with van der Waals surface area (Å²) in [6, 6.07) is 3.98. The van der Waals surface area contributed by atoms with Crippen LogP contribution < -0.4 is 5.32 Å².